The zero-order valence-electron chi connectivity index (χ0n) is 9.34. The molecule has 0 fully saturated rings. The molecule has 2 N–H and O–H groups in total. The molecule has 0 radical (unpaired) electrons. The summed E-state index contributed by atoms with van der Waals surface area (Å²) < 4.78 is 5.28. The first-order chi connectivity index (χ1) is 8.24. The molecular formula is C13H11N3O. The van der Waals surface area contributed by atoms with Crippen molar-refractivity contribution in [2.75, 3.05) is 0 Å². The molecule has 2 aromatic heterocycles. The molecule has 0 aromatic carbocycles. The Morgan fingerprint density at radius 2 is 2.06 bits per heavy atom. The van der Waals surface area contributed by atoms with Gasteiger partial charge in [0.15, 0.2) is 5.76 Å². The van der Waals surface area contributed by atoms with Crippen molar-refractivity contribution >= 4 is 11.3 Å². The molecular weight excluding hydrogens is 214 g/mol. The van der Waals surface area contributed by atoms with Gasteiger partial charge in [-0.2, -0.15) is 5.26 Å². The summed E-state index contributed by atoms with van der Waals surface area (Å²) in [5.41, 5.74) is 8.35. The Balaban J connectivity index is 2.57. The molecule has 17 heavy (non-hydrogen) atoms. The fourth-order valence-electron chi connectivity index (χ4n) is 1.56. The molecule has 0 bridgehead atoms. The van der Waals surface area contributed by atoms with Crippen molar-refractivity contribution in [3.05, 3.63) is 53.7 Å². The first kappa shape index (κ1) is 11.0. The quantitative estimate of drug-likeness (QED) is 0.796. The van der Waals surface area contributed by atoms with Crippen LogP contribution in [0.15, 0.2) is 41.3 Å². The second kappa shape index (κ2) is 4.54. The van der Waals surface area contributed by atoms with Crippen LogP contribution < -0.4 is 5.73 Å². The Morgan fingerprint density at radius 3 is 2.59 bits per heavy atom. The summed E-state index contributed by atoms with van der Waals surface area (Å²) in [6.45, 7) is 1.88. The van der Waals surface area contributed by atoms with Crippen molar-refractivity contribution in [2.24, 2.45) is 5.73 Å². The summed E-state index contributed by atoms with van der Waals surface area (Å²) >= 11 is 0. The van der Waals surface area contributed by atoms with Gasteiger partial charge in [0.25, 0.3) is 0 Å². The first-order valence-corrected chi connectivity index (χ1v) is 5.08. The highest BCUT2D eigenvalue weighted by Gasteiger charge is 2.12. The number of aromatic nitrogens is 1. The molecule has 0 atom stereocenters. The van der Waals surface area contributed by atoms with Crippen LogP contribution in [0, 0.1) is 18.3 Å². The Bertz CT molecular complexity index is 591. The number of nitrogens with zero attached hydrogens (tertiary/aromatic N) is 2. The van der Waals surface area contributed by atoms with Gasteiger partial charge in [0.05, 0.1) is 17.5 Å². The minimum Gasteiger partial charge on any atom is -0.462 e. The van der Waals surface area contributed by atoms with E-state index in [1.807, 2.05) is 13.0 Å². The zero-order chi connectivity index (χ0) is 12.3. The fraction of sp³-hybridized carbons (Fsp3) is 0.0769. The molecule has 0 aliphatic heterocycles. The smallest absolute Gasteiger partial charge is 0.153 e. The van der Waals surface area contributed by atoms with Crippen molar-refractivity contribution in [1.82, 2.24) is 4.98 Å². The van der Waals surface area contributed by atoms with E-state index in [0.29, 0.717) is 17.0 Å². The van der Waals surface area contributed by atoms with E-state index in [-0.39, 0.29) is 0 Å². The van der Waals surface area contributed by atoms with E-state index in [9.17, 15) is 5.26 Å². The Morgan fingerprint density at radius 1 is 1.35 bits per heavy atom. The highest BCUT2D eigenvalue weighted by Crippen LogP contribution is 2.24. The van der Waals surface area contributed by atoms with E-state index >= 15 is 0 Å². The summed E-state index contributed by atoms with van der Waals surface area (Å²) in [6.07, 6.45) is 4.79. The van der Waals surface area contributed by atoms with E-state index in [1.165, 1.54) is 0 Å². The molecule has 84 valence electrons. The summed E-state index contributed by atoms with van der Waals surface area (Å²) in [6, 6.07) is 7.39. The maximum absolute atomic E-state index is 9.19. The Kier molecular flexibility index (Phi) is 2.93. The second-order valence-corrected chi connectivity index (χ2v) is 3.57. The Hall–Kier alpha value is -2.54. The molecule has 0 aliphatic rings. The lowest BCUT2D eigenvalue weighted by Crippen LogP contribution is -2.01. The van der Waals surface area contributed by atoms with Crippen LogP contribution in [0.5, 0.6) is 0 Å². The summed E-state index contributed by atoms with van der Waals surface area (Å²) in [7, 11) is 0. The van der Waals surface area contributed by atoms with Gasteiger partial charge >= 0.3 is 0 Å². The lowest BCUT2D eigenvalue weighted by molar-refractivity contribution is 0.550. The van der Waals surface area contributed by atoms with E-state index in [0.717, 1.165) is 11.1 Å². The van der Waals surface area contributed by atoms with Crippen LogP contribution in [-0.2, 0) is 0 Å². The van der Waals surface area contributed by atoms with Gasteiger partial charge in [-0.05, 0) is 36.2 Å². The standard InChI is InChI=1S/C13H11N3O/c1-9-4-7-17-13(9)12(15)11(8-14)10-2-5-16-6-3-10/h2-7H,15H2,1H3/b12-11+. The molecule has 0 spiro atoms. The van der Waals surface area contributed by atoms with Gasteiger partial charge in [-0.3, -0.25) is 4.98 Å². The van der Waals surface area contributed by atoms with Gasteiger partial charge in [-0.15, -0.1) is 0 Å². The molecule has 4 heteroatoms. The van der Waals surface area contributed by atoms with Crippen molar-refractivity contribution in [1.29, 1.82) is 5.26 Å². The topological polar surface area (TPSA) is 75.8 Å². The molecule has 2 aromatic rings. The van der Waals surface area contributed by atoms with Gasteiger partial charge in [-0.1, -0.05) is 0 Å². The lowest BCUT2D eigenvalue weighted by atomic mass is 10.0. The predicted octanol–water partition coefficient (Wildman–Crippen LogP) is 2.33. The minimum absolute atomic E-state index is 0.348. The number of nitriles is 1. The van der Waals surface area contributed by atoms with Crippen molar-refractivity contribution < 1.29 is 4.42 Å². The minimum atomic E-state index is 0.348. The van der Waals surface area contributed by atoms with E-state index in [2.05, 4.69) is 11.1 Å². The summed E-state index contributed by atoms with van der Waals surface area (Å²) in [5, 5.41) is 9.19. The number of allylic oxidation sites excluding steroid dienone is 1. The van der Waals surface area contributed by atoms with Crippen molar-refractivity contribution in [2.45, 2.75) is 6.92 Å². The summed E-state index contributed by atoms with van der Waals surface area (Å²) in [4.78, 5) is 3.91. The van der Waals surface area contributed by atoms with Gasteiger partial charge in [0.2, 0.25) is 0 Å². The van der Waals surface area contributed by atoms with Gasteiger partial charge < -0.3 is 10.2 Å². The molecule has 0 aliphatic carbocycles. The highest BCUT2D eigenvalue weighted by atomic mass is 16.3. The van der Waals surface area contributed by atoms with E-state index < -0.39 is 0 Å². The average Bonchev–Trinajstić information content (AvgIpc) is 2.77. The first-order valence-electron chi connectivity index (χ1n) is 5.08. The number of hydrogen-bond donors (Lipinski definition) is 1. The third kappa shape index (κ3) is 2.04. The number of furan rings is 1. The maximum atomic E-state index is 9.19. The molecule has 4 nitrogen and oxygen atoms in total. The van der Waals surface area contributed by atoms with Gasteiger partial charge in [0, 0.05) is 12.4 Å². The third-order valence-electron chi connectivity index (χ3n) is 2.46. The highest BCUT2D eigenvalue weighted by molar-refractivity contribution is 5.95. The van der Waals surface area contributed by atoms with Crippen LogP contribution in [-0.4, -0.2) is 4.98 Å². The van der Waals surface area contributed by atoms with Crippen LogP contribution in [0.3, 0.4) is 0 Å². The van der Waals surface area contributed by atoms with Crippen LogP contribution >= 0.6 is 0 Å². The monoisotopic (exact) mass is 225 g/mol. The predicted molar refractivity (Wildman–Crippen MR) is 64.3 cm³/mol. The number of aryl methyl sites for hydroxylation is 1. The molecule has 2 rings (SSSR count). The lowest BCUT2D eigenvalue weighted by Gasteiger charge is -2.04. The SMILES string of the molecule is Cc1ccoc1/C(N)=C(/C#N)c1ccncc1. The second-order valence-electron chi connectivity index (χ2n) is 3.57. The fourth-order valence-corrected chi connectivity index (χ4v) is 1.56. The Labute approximate surface area is 99.0 Å². The summed E-state index contributed by atoms with van der Waals surface area (Å²) in [5.74, 6) is 0.540. The molecule has 0 unspecified atom stereocenters. The number of pyridine rings is 1. The molecule has 2 heterocycles. The molecule has 0 amide bonds. The van der Waals surface area contributed by atoms with Crippen LogP contribution in [0.1, 0.15) is 16.9 Å². The van der Waals surface area contributed by atoms with E-state index in [1.54, 1.807) is 30.8 Å². The van der Waals surface area contributed by atoms with Crippen molar-refractivity contribution in [3.8, 4) is 6.07 Å². The number of nitrogens with two attached hydrogens (primary N) is 1. The normalized spacial score (nSPS) is 11.8. The third-order valence-corrected chi connectivity index (χ3v) is 2.46. The van der Waals surface area contributed by atoms with Gasteiger partial charge in [-0.25, -0.2) is 0 Å². The van der Waals surface area contributed by atoms with Crippen molar-refractivity contribution in [3.63, 3.8) is 0 Å². The molecule has 0 saturated heterocycles. The average molecular weight is 225 g/mol. The number of rotatable bonds is 2. The molecule has 0 saturated carbocycles. The largest absolute Gasteiger partial charge is 0.462 e. The van der Waals surface area contributed by atoms with Crippen LogP contribution in [0.2, 0.25) is 0 Å². The zero-order valence-corrected chi connectivity index (χ0v) is 9.34. The number of hydrogen-bond acceptors (Lipinski definition) is 4. The van der Waals surface area contributed by atoms with Crippen LogP contribution in [0.4, 0.5) is 0 Å². The van der Waals surface area contributed by atoms with Crippen LogP contribution in [0.25, 0.3) is 11.3 Å². The van der Waals surface area contributed by atoms with Gasteiger partial charge in [0.1, 0.15) is 6.07 Å². The van der Waals surface area contributed by atoms with E-state index in [4.69, 9.17) is 10.2 Å². The maximum Gasteiger partial charge on any atom is 0.153 e.